The first-order valence-corrected chi connectivity index (χ1v) is 11.2. The molecular formula is C24H36N2O4. The molecule has 0 aromatic heterocycles. The Morgan fingerprint density at radius 3 is 1.33 bits per heavy atom. The van der Waals surface area contributed by atoms with Crippen molar-refractivity contribution < 1.29 is 19.3 Å². The van der Waals surface area contributed by atoms with Crippen molar-refractivity contribution in [2.45, 2.75) is 90.1 Å². The molecule has 6 nitrogen and oxygen atoms in total. The molecule has 1 aromatic rings. The maximum atomic E-state index is 12.4. The number of rotatable bonds is 6. The van der Waals surface area contributed by atoms with Crippen LogP contribution in [0.1, 0.15) is 99.8 Å². The molecule has 1 aromatic carbocycles. The average molecular weight is 417 g/mol. The highest BCUT2D eigenvalue weighted by Gasteiger charge is 2.32. The van der Waals surface area contributed by atoms with Crippen molar-refractivity contribution in [1.82, 2.24) is 11.0 Å². The van der Waals surface area contributed by atoms with E-state index in [1.807, 2.05) is 0 Å². The second-order valence-electron chi connectivity index (χ2n) is 10.0. The summed E-state index contributed by atoms with van der Waals surface area (Å²) in [6.45, 7) is 8.69. The number of carbonyl (C=O) groups is 2. The van der Waals surface area contributed by atoms with E-state index < -0.39 is 11.9 Å². The third kappa shape index (κ3) is 6.05. The molecule has 0 heterocycles. The molecule has 0 amide bonds. The number of benzene rings is 1. The van der Waals surface area contributed by atoms with Crippen molar-refractivity contribution in [3.63, 3.8) is 0 Å². The van der Waals surface area contributed by atoms with Gasteiger partial charge in [0.05, 0.1) is 22.2 Å². The predicted octanol–water partition coefficient (Wildman–Crippen LogP) is 4.95. The van der Waals surface area contributed by atoms with Gasteiger partial charge in [0.15, 0.2) is 0 Å². The predicted molar refractivity (Wildman–Crippen MR) is 116 cm³/mol. The summed E-state index contributed by atoms with van der Waals surface area (Å²) < 4.78 is 0. The fourth-order valence-electron chi connectivity index (χ4n) is 4.20. The summed E-state index contributed by atoms with van der Waals surface area (Å²) in [7, 11) is 0. The van der Waals surface area contributed by atoms with Crippen LogP contribution in [0.5, 0.6) is 0 Å². The van der Waals surface area contributed by atoms with Crippen LogP contribution in [0.25, 0.3) is 0 Å². The van der Waals surface area contributed by atoms with Crippen LogP contribution in [-0.4, -0.2) is 23.0 Å². The fourth-order valence-corrected chi connectivity index (χ4v) is 4.20. The normalized spacial score (nSPS) is 31.7. The first-order chi connectivity index (χ1) is 14.2. The SMILES string of the molecule is CC1CCC(C)(NOC(=O)c2ccc(C(=O)ONC3(C)CCC(C)CC3)cc2)CC1. The van der Waals surface area contributed by atoms with Gasteiger partial charge in [-0.05, 0) is 101 Å². The molecule has 0 radical (unpaired) electrons. The molecule has 0 aliphatic heterocycles. The van der Waals surface area contributed by atoms with Crippen molar-refractivity contribution in [2.75, 3.05) is 0 Å². The van der Waals surface area contributed by atoms with Crippen molar-refractivity contribution in [3.05, 3.63) is 35.4 Å². The van der Waals surface area contributed by atoms with Crippen molar-refractivity contribution in [3.8, 4) is 0 Å². The number of nitrogens with one attached hydrogen (secondary N) is 2. The summed E-state index contributed by atoms with van der Waals surface area (Å²) in [5.74, 6) is 0.553. The molecule has 3 rings (SSSR count). The summed E-state index contributed by atoms with van der Waals surface area (Å²) in [6.07, 6.45) is 8.45. The average Bonchev–Trinajstić information content (AvgIpc) is 2.75. The van der Waals surface area contributed by atoms with Crippen molar-refractivity contribution >= 4 is 11.9 Å². The monoisotopic (exact) mass is 416 g/mol. The molecule has 2 saturated carbocycles. The highest BCUT2D eigenvalue weighted by molar-refractivity contribution is 5.93. The van der Waals surface area contributed by atoms with Gasteiger partial charge in [0.2, 0.25) is 0 Å². The van der Waals surface area contributed by atoms with E-state index in [0.717, 1.165) is 63.2 Å². The molecule has 0 atom stereocenters. The third-order valence-corrected chi connectivity index (χ3v) is 6.89. The minimum atomic E-state index is -0.447. The van der Waals surface area contributed by atoms with Gasteiger partial charge in [-0.3, -0.25) is 0 Å². The Morgan fingerprint density at radius 2 is 1.03 bits per heavy atom. The largest absolute Gasteiger partial charge is 0.366 e. The van der Waals surface area contributed by atoms with E-state index in [0.29, 0.717) is 11.1 Å². The van der Waals surface area contributed by atoms with Gasteiger partial charge < -0.3 is 9.68 Å². The molecule has 0 spiro atoms. The lowest BCUT2D eigenvalue weighted by atomic mass is 9.79. The van der Waals surface area contributed by atoms with Gasteiger partial charge in [-0.1, -0.05) is 13.8 Å². The highest BCUT2D eigenvalue weighted by atomic mass is 16.7. The Morgan fingerprint density at radius 1 is 0.733 bits per heavy atom. The Kier molecular flexibility index (Phi) is 7.19. The summed E-state index contributed by atoms with van der Waals surface area (Å²) in [6, 6.07) is 6.37. The van der Waals surface area contributed by atoms with Gasteiger partial charge >= 0.3 is 11.9 Å². The van der Waals surface area contributed by atoms with Crippen LogP contribution in [0.4, 0.5) is 0 Å². The molecule has 2 aliphatic rings. The lowest BCUT2D eigenvalue weighted by Crippen LogP contribution is -2.46. The van der Waals surface area contributed by atoms with Crippen LogP contribution in [-0.2, 0) is 9.68 Å². The molecular weight excluding hydrogens is 380 g/mol. The molecule has 30 heavy (non-hydrogen) atoms. The second-order valence-corrected chi connectivity index (χ2v) is 10.0. The van der Waals surface area contributed by atoms with Crippen LogP contribution >= 0.6 is 0 Å². The topological polar surface area (TPSA) is 76.7 Å². The molecule has 2 fully saturated rings. The molecule has 166 valence electrons. The molecule has 0 bridgehead atoms. The van der Waals surface area contributed by atoms with Crippen molar-refractivity contribution in [2.24, 2.45) is 11.8 Å². The number of hydroxylamine groups is 2. The summed E-state index contributed by atoms with van der Waals surface area (Å²) in [5.41, 5.74) is 6.37. The van der Waals surface area contributed by atoms with Gasteiger partial charge in [0, 0.05) is 0 Å². The molecule has 2 N–H and O–H groups in total. The number of hydrogen-bond donors (Lipinski definition) is 2. The minimum Gasteiger partial charge on any atom is -0.366 e. The van der Waals surface area contributed by atoms with Gasteiger partial charge in [0.25, 0.3) is 0 Å². The maximum absolute atomic E-state index is 12.4. The number of hydrogen-bond acceptors (Lipinski definition) is 6. The van der Waals surface area contributed by atoms with Gasteiger partial charge in [0.1, 0.15) is 0 Å². The first kappa shape index (κ1) is 22.8. The second kappa shape index (κ2) is 9.48. The van der Waals surface area contributed by atoms with E-state index in [9.17, 15) is 9.59 Å². The molecule has 0 saturated heterocycles. The van der Waals surface area contributed by atoms with E-state index >= 15 is 0 Å². The van der Waals surface area contributed by atoms with Crippen LogP contribution in [0.2, 0.25) is 0 Å². The molecule has 0 unspecified atom stereocenters. The maximum Gasteiger partial charge on any atom is 0.356 e. The van der Waals surface area contributed by atoms with Crippen LogP contribution in [0, 0.1) is 11.8 Å². The highest BCUT2D eigenvalue weighted by Crippen LogP contribution is 2.32. The van der Waals surface area contributed by atoms with Crippen LogP contribution < -0.4 is 11.0 Å². The Labute approximate surface area is 180 Å². The first-order valence-electron chi connectivity index (χ1n) is 11.2. The van der Waals surface area contributed by atoms with Crippen LogP contribution in [0.3, 0.4) is 0 Å². The zero-order valence-electron chi connectivity index (χ0n) is 18.8. The Hall–Kier alpha value is -1.92. The van der Waals surface area contributed by atoms with Crippen molar-refractivity contribution in [1.29, 1.82) is 0 Å². The summed E-state index contributed by atoms with van der Waals surface area (Å²) in [4.78, 5) is 35.4. The number of carbonyl (C=O) groups excluding carboxylic acids is 2. The van der Waals surface area contributed by atoms with E-state index in [1.54, 1.807) is 24.3 Å². The van der Waals surface area contributed by atoms with Gasteiger partial charge in [-0.2, -0.15) is 0 Å². The quantitative estimate of drug-likeness (QED) is 0.639. The van der Waals surface area contributed by atoms with E-state index in [4.69, 9.17) is 9.68 Å². The Bertz CT molecular complexity index is 667. The standard InChI is InChI=1S/C24H36N2O4/c1-17-9-13-23(3,14-10-17)25-29-21(27)19-5-7-20(8-6-19)22(28)30-26-24(4)15-11-18(2)12-16-24/h5-8,17-18,25-26H,9-16H2,1-4H3. The van der Waals surface area contributed by atoms with Gasteiger partial charge in [-0.15, -0.1) is 11.0 Å². The molecule has 2 aliphatic carbocycles. The Balaban J connectivity index is 1.48. The lowest BCUT2D eigenvalue weighted by Gasteiger charge is -2.36. The zero-order chi connectivity index (χ0) is 21.8. The minimum absolute atomic E-state index is 0.176. The lowest BCUT2D eigenvalue weighted by molar-refractivity contribution is -0.0144. The third-order valence-electron chi connectivity index (χ3n) is 6.89. The molecule has 6 heteroatoms. The van der Waals surface area contributed by atoms with E-state index in [-0.39, 0.29) is 11.1 Å². The van der Waals surface area contributed by atoms with E-state index in [1.165, 1.54) is 0 Å². The summed E-state index contributed by atoms with van der Waals surface area (Å²) >= 11 is 0. The van der Waals surface area contributed by atoms with Crippen LogP contribution in [0.15, 0.2) is 24.3 Å². The smallest absolute Gasteiger partial charge is 0.356 e. The van der Waals surface area contributed by atoms with E-state index in [2.05, 4.69) is 38.7 Å². The zero-order valence-corrected chi connectivity index (χ0v) is 18.8. The van der Waals surface area contributed by atoms with Gasteiger partial charge in [-0.25, -0.2) is 9.59 Å². The fraction of sp³-hybridized carbons (Fsp3) is 0.667. The summed E-state index contributed by atoms with van der Waals surface area (Å²) in [5, 5.41) is 0.